The summed E-state index contributed by atoms with van der Waals surface area (Å²) >= 11 is 0. The molecule has 98 valence electrons. The number of methoxy groups -OCH3 is 1. The lowest BCUT2D eigenvalue weighted by Gasteiger charge is -2.20. The molecule has 1 aromatic heterocycles. The Kier molecular flexibility index (Phi) is 5.30. The standard InChI is InChI=1S/C13H18N2O3/c1-10(13(17)18-3)9-15(2)12(16)8-11-4-6-14-7-5-11/h4-7,10H,8-9H2,1-3H3. The second-order valence-electron chi connectivity index (χ2n) is 4.23. The Morgan fingerprint density at radius 2 is 2.00 bits per heavy atom. The molecule has 0 aliphatic carbocycles. The van der Waals surface area contributed by atoms with Crippen molar-refractivity contribution in [2.24, 2.45) is 5.92 Å². The van der Waals surface area contributed by atoms with Crippen molar-refractivity contribution in [2.75, 3.05) is 20.7 Å². The van der Waals surface area contributed by atoms with Crippen molar-refractivity contribution in [1.29, 1.82) is 0 Å². The monoisotopic (exact) mass is 250 g/mol. The number of hydrogen-bond donors (Lipinski definition) is 0. The molecule has 0 spiro atoms. The number of esters is 1. The molecule has 1 unspecified atom stereocenters. The summed E-state index contributed by atoms with van der Waals surface area (Å²) in [6.07, 6.45) is 3.62. The Morgan fingerprint density at radius 3 is 2.56 bits per heavy atom. The molecule has 0 bridgehead atoms. The molecular formula is C13H18N2O3. The van der Waals surface area contributed by atoms with Crippen LogP contribution in [-0.4, -0.2) is 42.5 Å². The van der Waals surface area contributed by atoms with E-state index in [1.54, 1.807) is 43.4 Å². The van der Waals surface area contributed by atoms with Gasteiger partial charge in [0.1, 0.15) is 0 Å². The van der Waals surface area contributed by atoms with Crippen molar-refractivity contribution < 1.29 is 14.3 Å². The van der Waals surface area contributed by atoms with E-state index in [1.165, 1.54) is 7.11 Å². The Labute approximate surface area is 107 Å². The number of pyridine rings is 1. The molecule has 0 aliphatic rings. The maximum absolute atomic E-state index is 11.9. The van der Waals surface area contributed by atoms with Crippen molar-refractivity contribution >= 4 is 11.9 Å². The molecule has 0 saturated carbocycles. The molecule has 1 heterocycles. The molecule has 0 radical (unpaired) electrons. The highest BCUT2D eigenvalue weighted by Gasteiger charge is 2.18. The minimum absolute atomic E-state index is 0.0306. The zero-order valence-electron chi connectivity index (χ0n) is 10.9. The van der Waals surface area contributed by atoms with E-state index >= 15 is 0 Å². The average molecular weight is 250 g/mol. The molecular weight excluding hydrogens is 232 g/mol. The van der Waals surface area contributed by atoms with E-state index in [4.69, 9.17) is 0 Å². The van der Waals surface area contributed by atoms with Crippen LogP contribution in [0.15, 0.2) is 24.5 Å². The lowest BCUT2D eigenvalue weighted by Crippen LogP contribution is -2.35. The van der Waals surface area contributed by atoms with Crippen molar-refractivity contribution in [3.05, 3.63) is 30.1 Å². The molecule has 0 aromatic carbocycles. The van der Waals surface area contributed by atoms with Gasteiger partial charge in [0.15, 0.2) is 0 Å². The first-order valence-corrected chi connectivity index (χ1v) is 5.75. The fourth-order valence-corrected chi connectivity index (χ4v) is 1.60. The first-order chi connectivity index (χ1) is 8.54. The predicted octanol–water partition coefficient (Wildman–Crippen LogP) is 0.892. The summed E-state index contributed by atoms with van der Waals surface area (Å²) in [5.41, 5.74) is 0.910. The highest BCUT2D eigenvalue weighted by molar-refractivity contribution is 5.79. The number of aromatic nitrogens is 1. The predicted molar refractivity (Wildman–Crippen MR) is 66.8 cm³/mol. The number of carbonyl (C=O) groups excluding carboxylic acids is 2. The second-order valence-corrected chi connectivity index (χ2v) is 4.23. The SMILES string of the molecule is COC(=O)C(C)CN(C)C(=O)Cc1ccncc1. The van der Waals surface area contributed by atoms with Crippen LogP contribution in [0.25, 0.3) is 0 Å². The molecule has 1 atom stereocenters. The van der Waals surface area contributed by atoms with E-state index in [1.807, 2.05) is 0 Å². The van der Waals surface area contributed by atoms with Crippen LogP contribution in [0.1, 0.15) is 12.5 Å². The van der Waals surface area contributed by atoms with Crippen molar-refractivity contribution in [3.63, 3.8) is 0 Å². The molecule has 1 aromatic rings. The summed E-state index contributed by atoms with van der Waals surface area (Å²) in [7, 11) is 3.03. The Morgan fingerprint density at radius 1 is 1.39 bits per heavy atom. The summed E-state index contributed by atoms with van der Waals surface area (Å²) in [4.78, 5) is 28.6. The van der Waals surface area contributed by atoms with Crippen LogP contribution in [-0.2, 0) is 20.7 Å². The van der Waals surface area contributed by atoms with Crippen LogP contribution in [0, 0.1) is 5.92 Å². The zero-order valence-corrected chi connectivity index (χ0v) is 10.9. The molecule has 0 N–H and O–H groups in total. The van der Waals surface area contributed by atoms with Crippen LogP contribution in [0.4, 0.5) is 0 Å². The van der Waals surface area contributed by atoms with Crippen LogP contribution in [0.2, 0.25) is 0 Å². The molecule has 1 amide bonds. The number of hydrogen-bond acceptors (Lipinski definition) is 4. The lowest BCUT2D eigenvalue weighted by molar-refractivity contribution is -0.146. The minimum atomic E-state index is -0.318. The Hall–Kier alpha value is -1.91. The first kappa shape index (κ1) is 14.2. The molecule has 0 saturated heterocycles. The average Bonchev–Trinajstić information content (AvgIpc) is 2.38. The van der Waals surface area contributed by atoms with Gasteiger partial charge in [0.25, 0.3) is 0 Å². The summed E-state index contributed by atoms with van der Waals surface area (Å²) in [6, 6.07) is 3.60. The summed E-state index contributed by atoms with van der Waals surface area (Å²) in [5, 5.41) is 0. The highest BCUT2D eigenvalue weighted by atomic mass is 16.5. The van der Waals surface area contributed by atoms with E-state index in [-0.39, 0.29) is 17.8 Å². The first-order valence-electron chi connectivity index (χ1n) is 5.75. The number of nitrogens with zero attached hydrogens (tertiary/aromatic N) is 2. The Balaban J connectivity index is 2.49. The van der Waals surface area contributed by atoms with Gasteiger partial charge in [0.05, 0.1) is 19.4 Å². The zero-order chi connectivity index (χ0) is 13.5. The van der Waals surface area contributed by atoms with Crippen LogP contribution >= 0.6 is 0 Å². The fraction of sp³-hybridized carbons (Fsp3) is 0.462. The fourth-order valence-electron chi connectivity index (χ4n) is 1.60. The second kappa shape index (κ2) is 6.74. The molecule has 0 fully saturated rings. The van der Waals surface area contributed by atoms with Gasteiger partial charge in [-0.05, 0) is 17.7 Å². The number of carbonyl (C=O) groups is 2. The van der Waals surface area contributed by atoms with Crippen molar-refractivity contribution in [1.82, 2.24) is 9.88 Å². The number of amides is 1. The van der Waals surface area contributed by atoms with Gasteiger partial charge in [0, 0.05) is 26.0 Å². The maximum Gasteiger partial charge on any atom is 0.310 e. The number of rotatable bonds is 5. The van der Waals surface area contributed by atoms with Crippen LogP contribution in [0.3, 0.4) is 0 Å². The van der Waals surface area contributed by atoms with E-state index in [0.29, 0.717) is 13.0 Å². The third-order valence-corrected chi connectivity index (χ3v) is 2.68. The van der Waals surface area contributed by atoms with Gasteiger partial charge < -0.3 is 9.64 Å². The van der Waals surface area contributed by atoms with Gasteiger partial charge in [-0.15, -0.1) is 0 Å². The quantitative estimate of drug-likeness (QED) is 0.728. The Bertz CT molecular complexity index is 406. The molecule has 0 aliphatic heterocycles. The minimum Gasteiger partial charge on any atom is -0.469 e. The molecule has 1 rings (SSSR count). The summed E-state index contributed by atoms with van der Waals surface area (Å²) in [5.74, 6) is -0.656. The van der Waals surface area contributed by atoms with Crippen LogP contribution in [0.5, 0.6) is 0 Å². The number of ether oxygens (including phenoxy) is 1. The lowest BCUT2D eigenvalue weighted by atomic mass is 10.1. The van der Waals surface area contributed by atoms with Crippen molar-refractivity contribution in [3.8, 4) is 0 Å². The third-order valence-electron chi connectivity index (χ3n) is 2.68. The van der Waals surface area contributed by atoms with E-state index in [0.717, 1.165) is 5.56 Å². The summed E-state index contributed by atoms with van der Waals surface area (Å²) < 4.78 is 4.63. The van der Waals surface area contributed by atoms with Gasteiger partial charge in [0.2, 0.25) is 5.91 Å². The van der Waals surface area contributed by atoms with Crippen molar-refractivity contribution in [2.45, 2.75) is 13.3 Å². The third kappa shape index (κ3) is 4.16. The summed E-state index contributed by atoms with van der Waals surface area (Å²) in [6.45, 7) is 2.10. The topological polar surface area (TPSA) is 59.5 Å². The van der Waals surface area contributed by atoms with Gasteiger partial charge in [-0.3, -0.25) is 14.6 Å². The largest absolute Gasteiger partial charge is 0.469 e. The van der Waals surface area contributed by atoms with E-state index < -0.39 is 0 Å². The number of likely N-dealkylation sites (N-methyl/N-ethyl adjacent to an activating group) is 1. The normalized spacial score (nSPS) is 11.7. The van der Waals surface area contributed by atoms with Gasteiger partial charge in [-0.25, -0.2) is 0 Å². The van der Waals surface area contributed by atoms with Gasteiger partial charge >= 0.3 is 5.97 Å². The maximum atomic E-state index is 11.9. The molecule has 5 nitrogen and oxygen atoms in total. The van der Waals surface area contributed by atoms with Gasteiger partial charge in [-0.1, -0.05) is 6.92 Å². The highest BCUT2D eigenvalue weighted by Crippen LogP contribution is 2.04. The van der Waals surface area contributed by atoms with Crippen LogP contribution < -0.4 is 0 Å². The van der Waals surface area contributed by atoms with Gasteiger partial charge in [-0.2, -0.15) is 0 Å². The molecule has 18 heavy (non-hydrogen) atoms. The van der Waals surface area contributed by atoms with E-state index in [2.05, 4.69) is 9.72 Å². The molecule has 5 heteroatoms. The van der Waals surface area contributed by atoms with E-state index in [9.17, 15) is 9.59 Å². The smallest absolute Gasteiger partial charge is 0.310 e.